The van der Waals surface area contributed by atoms with Crippen molar-refractivity contribution in [1.29, 1.82) is 0 Å². The van der Waals surface area contributed by atoms with Gasteiger partial charge in [-0.15, -0.1) is 0 Å². The monoisotopic (exact) mass is 192 g/mol. The van der Waals surface area contributed by atoms with Gasteiger partial charge in [0.15, 0.2) is 0 Å². The van der Waals surface area contributed by atoms with Crippen LogP contribution in [-0.4, -0.2) is 11.9 Å². The van der Waals surface area contributed by atoms with Crippen LogP contribution in [-0.2, 0) is 6.42 Å². The van der Waals surface area contributed by atoms with Crippen LogP contribution in [0.1, 0.15) is 33.2 Å². The molecule has 0 unspecified atom stereocenters. The van der Waals surface area contributed by atoms with Gasteiger partial charge >= 0.3 is 0 Å². The summed E-state index contributed by atoms with van der Waals surface area (Å²) in [6, 6.07) is 3.71. The Bertz CT molecular complexity index is 382. The molecule has 74 valence electrons. The summed E-state index contributed by atoms with van der Waals surface area (Å²) >= 11 is 0. The Labute approximate surface area is 80.8 Å². The number of rotatable bonds is 3. The fourth-order valence-electron chi connectivity index (χ4n) is 1.21. The van der Waals surface area contributed by atoms with Crippen molar-refractivity contribution in [2.24, 2.45) is 0 Å². The van der Waals surface area contributed by atoms with Crippen molar-refractivity contribution in [1.82, 2.24) is 0 Å². The third-order valence-corrected chi connectivity index (χ3v) is 1.94. The summed E-state index contributed by atoms with van der Waals surface area (Å²) in [5.74, 6) is -2.61. The number of aryl methyl sites for hydroxylation is 1. The molecular weight excluding hydrogens is 184 g/mol. The number of hydrogen-bond donors (Lipinski definition) is 0. The minimum absolute atomic E-state index is 0.0214. The maximum absolute atomic E-state index is 10.6. The maximum atomic E-state index is 10.6. The molecule has 0 N–H and O–H groups in total. The van der Waals surface area contributed by atoms with Crippen molar-refractivity contribution in [3.05, 3.63) is 34.9 Å². The largest absolute Gasteiger partial charge is 0.545 e. The van der Waals surface area contributed by atoms with E-state index < -0.39 is 11.9 Å². The molecule has 0 saturated carbocycles. The molecule has 14 heavy (non-hydrogen) atoms. The second-order valence-corrected chi connectivity index (χ2v) is 2.80. The van der Waals surface area contributed by atoms with E-state index in [9.17, 15) is 19.8 Å². The molecule has 0 aliphatic heterocycles. The van der Waals surface area contributed by atoms with Crippen LogP contribution in [0, 0.1) is 0 Å². The SMILES string of the molecule is CCc1cc(C(=O)[O-])ccc1C(=O)[O-]. The van der Waals surface area contributed by atoms with Gasteiger partial charge in [-0.05, 0) is 23.6 Å². The molecule has 0 radical (unpaired) electrons. The van der Waals surface area contributed by atoms with Crippen LogP contribution < -0.4 is 10.2 Å². The normalized spacial score (nSPS) is 9.79. The third-order valence-electron chi connectivity index (χ3n) is 1.94. The Morgan fingerprint density at radius 2 is 1.86 bits per heavy atom. The molecule has 0 spiro atoms. The topological polar surface area (TPSA) is 80.3 Å². The zero-order chi connectivity index (χ0) is 10.7. The summed E-state index contributed by atoms with van der Waals surface area (Å²) < 4.78 is 0. The van der Waals surface area contributed by atoms with Crippen LogP contribution in [0.4, 0.5) is 0 Å². The number of carboxylic acid groups (broad SMARTS) is 2. The van der Waals surface area contributed by atoms with Gasteiger partial charge < -0.3 is 19.8 Å². The Kier molecular flexibility index (Phi) is 2.86. The summed E-state index contributed by atoms with van der Waals surface area (Å²) in [6.45, 7) is 1.74. The number of carbonyl (C=O) groups is 2. The number of benzene rings is 1. The number of aromatic carboxylic acids is 2. The molecule has 1 aromatic carbocycles. The summed E-state index contributed by atoms with van der Waals surface area (Å²) in [6.07, 6.45) is 0.435. The van der Waals surface area contributed by atoms with Crippen LogP contribution in [0.15, 0.2) is 18.2 Å². The Balaban J connectivity index is 3.25. The minimum atomic E-state index is -1.32. The van der Waals surface area contributed by atoms with Gasteiger partial charge in [0.2, 0.25) is 0 Å². The lowest BCUT2D eigenvalue weighted by atomic mass is 10.0. The molecule has 0 bridgehead atoms. The second-order valence-electron chi connectivity index (χ2n) is 2.80. The van der Waals surface area contributed by atoms with E-state index in [0.29, 0.717) is 12.0 Å². The predicted molar refractivity (Wildman–Crippen MR) is 44.5 cm³/mol. The zero-order valence-corrected chi connectivity index (χ0v) is 7.57. The zero-order valence-electron chi connectivity index (χ0n) is 7.57. The smallest absolute Gasteiger partial charge is 0.0718 e. The van der Waals surface area contributed by atoms with E-state index in [1.165, 1.54) is 18.2 Å². The highest BCUT2D eigenvalue weighted by molar-refractivity contribution is 5.91. The third kappa shape index (κ3) is 1.90. The second kappa shape index (κ2) is 3.91. The Morgan fingerprint density at radius 1 is 1.21 bits per heavy atom. The predicted octanol–water partition coefficient (Wildman–Crippen LogP) is -1.02. The lowest BCUT2D eigenvalue weighted by Crippen LogP contribution is -2.25. The van der Waals surface area contributed by atoms with E-state index in [0.717, 1.165) is 0 Å². The molecule has 4 nitrogen and oxygen atoms in total. The van der Waals surface area contributed by atoms with E-state index >= 15 is 0 Å². The van der Waals surface area contributed by atoms with Crippen LogP contribution in [0.5, 0.6) is 0 Å². The minimum Gasteiger partial charge on any atom is -0.545 e. The molecule has 0 aliphatic rings. The lowest BCUT2D eigenvalue weighted by Gasteiger charge is -2.11. The first-order valence-electron chi connectivity index (χ1n) is 4.12. The maximum Gasteiger partial charge on any atom is 0.0718 e. The van der Waals surface area contributed by atoms with Crippen LogP contribution in [0.25, 0.3) is 0 Å². The Morgan fingerprint density at radius 3 is 2.29 bits per heavy atom. The molecule has 1 rings (SSSR count). The van der Waals surface area contributed by atoms with E-state index in [4.69, 9.17) is 0 Å². The van der Waals surface area contributed by atoms with E-state index in [1.54, 1.807) is 6.92 Å². The highest BCUT2D eigenvalue weighted by atomic mass is 16.4. The van der Waals surface area contributed by atoms with Crippen LogP contribution in [0.3, 0.4) is 0 Å². The number of hydrogen-bond acceptors (Lipinski definition) is 4. The molecule has 1 aromatic rings. The van der Waals surface area contributed by atoms with Crippen molar-refractivity contribution in [3.63, 3.8) is 0 Å². The summed E-state index contributed by atoms with van der Waals surface area (Å²) in [4.78, 5) is 21.1. The van der Waals surface area contributed by atoms with Gasteiger partial charge in [-0.1, -0.05) is 19.1 Å². The van der Waals surface area contributed by atoms with Crippen LogP contribution >= 0.6 is 0 Å². The molecule has 0 aromatic heterocycles. The molecule has 4 heteroatoms. The number of carbonyl (C=O) groups excluding carboxylic acids is 2. The van der Waals surface area contributed by atoms with Gasteiger partial charge in [0.1, 0.15) is 0 Å². The highest BCUT2D eigenvalue weighted by Gasteiger charge is 2.03. The first-order valence-corrected chi connectivity index (χ1v) is 4.12. The van der Waals surface area contributed by atoms with Crippen molar-refractivity contribution in [3.8, 4) is 0 Å². The van der Waals surface area contributed by atoms with Gasteiger partial charge in [0, 0.05) is 5.56 Å². The molecule has 0 aliphatic carbocycles. The highest BCUT2D eigenvalue weighted by Crippen LogP contribution is 2.11. The van der Waals surface area contributed by atoms with Gasteiger partial charge in [-0.3, -0.25) is 0 Å². The molecule has 0 heterocycles. The summed E-state index contributed by atoms with van der Waals surface area (Å²) in [5, 5.41) is 21.1. The molecule has 0 saturated heterocycles. The molecule has 0 fully saturated rings. The first-order chi connectivity index (χ1) is 6.56. The first kappa shape index (κ1) is 10.2. The Hall–Kier alpha value is -1.84. The molecule has 0 amide bonds. The van der Waals surface area contributed by atoms with Gasteiger partial charge in [0.05, 0.1) is 11.9 Å². The summed E-state index contributed by atoms with van der Waals surface area (Å²) in [7, 11) is 0. The van der Waals surface area contributed by atoms with Gasteiger partial charge in [-0.2, -0.15) is 0 Å². The fraction of sp³-hybridized carbons (Fsp3) is 0.200. The van der Waals surface area contributed by atoms with Crippen molar-refractivity contribution in [2.75, 3.05) is 0 Å². The van der Waals surface area contributed by atoms with E-state index in [1.807, 2.05) is 0 Å². The van der Waals surface area contributed by atoms with Crippen molar-refractivity contribution < 1.29 is 19.8 Å². The van der Waals surface area contributed by atoms with Gasteiger partial charge in [-0.25, -0.2) is 0 Å². The van der Waals surface area contributed by atoms with E-state index in [-0.39, 0.29) is 11.1 Å². The van der Waals surface area contributed by atoms with Crippen molar-refractivity contribution >= 4 is 11.9 Å². The van der Waals surface area contributed by atoms with Gasteiger partial charge in [0.25, 0.3) is 0 Å². The molecule has 0 atom stereocenters. The standard InChI is InChI=1S/C10H10O4/c1-2-6-5-7(9(11)12)3-4-8(6)10(13)14/h3-5H,2H2,1H3,(H,11,12)(H,13,14)/p-2. The van der Waals surface area contributed by atoms with E-state index in [2.05, 4.69) is 0 Å². The lowest BCUT2D eigenvalue weighted by molar-refractivity contribution is -0.256. The average molecular weight is 192 g/mol. The quantitative estimate of drug-likeness (QED) is 0.613. The number of carboxylic acids is 2. The molecular formula is C10H8O4-2. The average Bonchev–Trinajstić information content (AvgIpc) is 2.16. The van der Waals surface area contributed by atoms with Crippen LogP contribution in [0.2, 0.25) is 0 Å². The van der Waals surface area contributed by atoms with Crippen molar-refractivity contribution in [2.45, 2.75) is 13.3 Å². The summed E-state index contributed by atoms with van der Waals surface area (Å²) in [5.41, 5.74) is 0.441. The fourth-order valence-corrected chi connectivity index (χ4v) is 1.21.